The van der Waals surface area contributed by atoms with Crippen molar-refractivity contribution in [1.82, 2.24) is 5.16 Å². The largest absolute Gasteiger partial charge is 0.476 e. The SMILES string of the molecule is CC1Cc2c(C(=O)O)noc2C(C)C1. The maximum Gasteiger partial charge on any atom is 0.358 e. The van der Waals surface area contributed by atoms with Crippen LogP contribution >= 0.6 is 0 Å². The first-order valence-corrected chi connectivity index (χ1v) is 4.81. The first kappa shape index (κ1) is 9.24. The molecule has 1 N–H and O–H groups in total. The molecule has 2 atom stereocenters. The monoisotopic (exact) mass is 195 g/mol. The molecule has 0 aromatic carbocycles. The predicted octanol–water partition coefficient (Wildman–Crippen LogP) is 2.06. The van der Waals surface area contributed by atoms with Gasteiger partial charge >= 0.3 is 5.97 Å². The summed E-state index contributed by atoms with van der Waals surface area (Å²) in [6, 6.07) is 0. The number of carbonyl (C=O) groups is 1. The van der Waals surface area contributed by atoms with E-state index in [0.717, 1.165) is 24.2 Å². The van der Waals surface area contributed by atoms with Crippen molar-refractivity contribution in [3.8, 4) is 0 Å². The normalized spacial score (nSPS) is 25.9. The zero-order valence-electron chi connectivity index (χ0n) is 8.28. The van der Waals surface area contributed by atoms with Gasteiger partial charge in [0.05, 0.1) is 0 Å². The summed E-state index contributed by atoms with van der Waals surface area (Å²) in [7, 11) is 0. The van der Waals surface area contributed by atoms with E-state index in [9.17, 15) is 4.79 Å². The zero-order valence-corrected chi connectivity index (χ0v) is 8.28. The van der Waals surface area contributed by atoms with Crippen LogP contribution in [0.2, 0.25) is 0 Å². The average molecular weight is 195 g/mol. The number of aromatic nitrogens is 1. The van der Waals surface area contributed by atoms with Crippen LogP contribution in [0.15, 0.2) is 4.52 Å². The lowest BCUT2D eigenvalue weighted by atomic mass is 9.82. The number of rotatable bonds is 1. The van der Waals surface area contributed by atoms with E-state index >= 15 is 0 Å². The molecule has 0 bridgehead atoms. The summed E-state index contributed by atoms with van der Waals surface area (Å²) in [6.07, 6.45) is 1.81. The number of hydrogen-bond donors (Lipinski definition) is 1. The summed E-state index contributed by atoms with van der Waals surface area (Å²) in [5, 5.41) is 12.5. The van der Waals surface area contributed by atoms with E-state index in [4.69, 9.17) is 9.63 Å². The minimum Gasteiger partial charge on any atom is -0.476 e. The fourth-order valence-corrected chi connectivity index (χ4v) is 2.22. The molecule has 0 saturated carbocycles. The molecular formula is C10H13NO3. The van der Waals surface area contributed by atoms with Crippen molar-refractivity contribution in [2.45, 2.75) is 32.6 Å². The van der Waals surface area contributed by atoms with Gasteiger partial charge in [0.1, 0.15) is 5.76 Å². The van der Waals surface area contributed by atoms with E-state index in [-0.39, 0.29) is 11.6 Å². The molecule has 76 valence electrons. The quantitative estimate of drug-likeness (QED) is 0.744. The Bertz CT molecular complexity index is 369. The van der Waals surface area contributed by atoms with E-state index in [0.29, 0.717) is 5.92 Å². The molecule has 0 radical (unpaired) electrons. The first-order chi connectivity index (χ1) is 6.59. The highest BCUT2D eigenvalue weighted by Crippen LogP contribution is 2.35. The molecule has 0 fully saturated rings. The third kappa shape index (κ3) is 1.31. The second-order valence-corrected chi connectivity index (χ2v) is 4.13. The first-order valence-electron chi connectivity index (χ1n) is 4.81. The lowest BCUT2D eigenvalue weighted by molar-refractivity contribution is 0.0684. The standard InChI is InChI=1S/C10H13NO3/c1-5-3-6(2)9-7(4-5)8(10(12)13)11-14-9/h5-6H,3-4H2,1-2H3,(H,12,13). The minimum absolute atomic E-state index is 0.0957. The van der Waals surface area contributed by atoms with Gasteiger partial charge in [-0.2, -0.15) is 0 Å². The number of carboxylic acid groups (broad SMARTS) is 1. The van der Waals surface area contributed by atoms with Crippen molar-refractivity contribution in [2.75, 3.05) is 0 Å². The van der Waals surface area contributed by atoms with Crippen LogP contribution in [0, 0.1) is 5.92 Å². The van der Waals surface area contributed by atoms with E-state index in [1.165, 1.54) is 0 Å². The molecular weight excluding hydrogens is 182 g/mol. The number of hydrogen-bond acceptors (Lipinski definition) is 3. The van der Waals surface area contributed by atoms with E-state index in [2.05, 4.69) is 12.1 Å². The van der Waals surface area contributed by atoms with E-state index < -0.39 is 5.97 Å². The third-order valence-corrected chi connectivity index (χ3v) is 2.78. The highest BCUT2D eigenvalue weighted by atomic mass is 16.5. The summed E-state index contributed by atoms with van der Waals surface area (Å²) < 4.78 is 5.08. The van der Waals surface area contributed by atoms with Gasteiger partial charge in [0, 0.05) is 11.5 Å². The molecule has 0 aliphatic heterocycles. The summed E-state index contributed by atoms with van der Waals surface area (Å²) in [5.41, 5.74) is 0.891. The van der Waals surface area contributed by atoms with Gasteiger partial charge in [-0.1, -0.05) is 19.0 Å². The van der Waals surface area contributed by atoms with Crippen molar-refractivity contribution in [3.63, 3.8) is 0 Å². The van der Waals surface area contributed by atoms with Gasteiger partial charge < -0.3 is 9.63 Å². The molecule has 0 spiro atoms. The highest BCUT2D eigenvalue weighted by molar-refractivity contribution is 5.87. The van der Waals surface area contributed by atoms with Gasteiger partial charge in [-0.3, -0.25) is 0 Å². The molecule has 0 saturated heterocycles. The van der Waals surface area contributed by atoms with Crippen LogP contribution in [-0.4, -0.2) is 16.2 Å². The molecule has 2 unspecified atom stereocenters. The molecule has 0 amide bonds. The van der Waals surface area contributed by atoms with Gasteiger partial charge in [0.15, 0.2) is 5.69 Å². The Morgan fingerprint density at radius 2 is 2.29 bits per heavy atom. The summed E-state index contributed by atoms with van der Waals surface area (Å²) in [4.78, 5) is 10.8. The fraction of sp³-hybridized carbons (Fsp3) is 0.600. The van der Waals surface area contributed by atoms with Crippen molar-refractivity contribution < 1.29 is 14.4 Å². The van der Waals surface area contributed by atoms with Gasteiger partial charge in [0.2, 0.25) is 0 Å². The molecule has 1 heterocycles. The van der Waals surface area contributed by atoms with Gasteiger partial charge in [0.25, 0.3) is 0 Å². The molecule has 14 heavy (non-hydrogen) atoms. The average Bonchev–Trinajstić information content (AvgIpc) is 2.47. The number of fused-ring (bicyclic) bond motifs is 1. The van der Waals surface area contributed by atoms with Crippen LogP contribution in [0.4, 0.5) is 0 Å². The lowest BCUT2D eigenvalue weighted by Crippen LogP contribution is -2.15. The summed E-state index contributed by atoms with van der Waals surface area (Å²) >= 11 is 0. The van der Waals surface area contributed by atoms with Crippen LogP contribution in [0.25, 0.3) is 0 Å². The highest BCUT2D eigenvalue weighted by Gasteiger charge is 2.30. The molecule has 1 aliphatic carbocycles. The third-order valence-electron chi connectivity index (χ3n) is 2.78. The van der Waals surface area contributed by atoms with Gasteiger partial charge in [-0.25, -0.2) is 4.79 Å². The molecule has 4 heteroatoms. The molecule has 1 aromatic heterocycles. The van der Waals surface area contributed by atoms with Crippen LogP contribution < -0.4 is 0 Å². The fourth-order valence-electron chi connectivity index (χ4n) is 2.22. The van der Waals surface area contributed by atoms with Gasteiger partial charge in [-0.05, 0) is 18.8 Å². The Morgan fingerprint density at radius 3 is 2.93 bits per heavy atom. The topological polar surface area (TPSA) is 63.3 Å². The summed E-state index contributed by atoms with van der Waals surface area (Å²) in [5.74, 6) is 0.571. The predicted molar refractivity (Wildman–Crippen MR) is 49.4 cm³/mol. The van der Waals surface area contributed by atoms with Crippen molar-refractivity contribution >= 4 is 5.97 Å². The lowest BCUT2D eigenvalue weighted by Gasteiger charge is -2.21. The van der Waals surface area contributed by atoms with Crippen molar-refractivity contribution in [1.29, 1.82) is 0 Å². The zero-order chi connectivity index (χ0) is 10.3. The molecule has 1 aliphatic rings. The Balaban J connectivity index is 2.46. The van der Waals surface area contributed by atoms with Crippen LogP contribution in [0.1, 0.15) is 48.0 Å². The Kier molecular flexibility index (Phi) is 2.06. The van der Waals surface area contributed by atoms with Crippen molar-refractivity contribution in [2.24, 2.45) is 5.92 Å². The maximum absolute atomic E-state index is 10.8. The maximum atomic E-state index is 10.8. The second kappa shape index (κ2) is 3.12. The van der Waals surface area contributed by atoms with Gasteiger partial charge in [-0.15, -0.1) is 0 Å². The van der Waals surface area contributed by atoms with Crippen LogP contribution in [0.3, 0.4) is 0 Å². The van der Waals surface area contributed by atoms with Crippen molar-refractivity contribution in [3.05, 3.63) is 17.0 Å². The summed E-state index contributed by atoms with van der Waals surface area (Å²) in [6.45, 7) is 4.17. The van der Waals surface area contributed by atoms with Crippen LogP contribution in [-0.2, 0) is 6.42 Å². The van der Waals surface area contributed by atoms with Crippen LogP contribution in [0.5, 0.6) is 0 Å². The number of carboxylic acids is 1. The second-order valence-electron chi connectivity index (χ2n) is 4.13. The van der Waals surface area contributed by atoms with E-state index in [1.54, 1.807) is 0 Å². The Labute approximate surface area is 81.9 Å². The molecule has 2 rings (SSSR count). The number of aromatic carboxylic acids is 1. The number of nitrogens with zero attached hydrogens (tertiary/aromatic N) is 1. The molecule has 4 nitrogen and oxygen atoms in total. The smallest absolute Gasteiger partial charge is 0.358 e. The Morgan fingerprint density at radius 1 is 1.57 bits per heavy atom. The molecule has 1 aromatic rings. The minimum atomic E-state index is -0.990. The Hall–Kier alpha value is -1.32. The van der Waals surface area contributed by atoms with E-state index in [1.807, 2.05) is 6.92 Å².